The van der Waals surface area contributed by atoms with Gasteiger partial charge in [-0.25, -0.2) is 22.8 Å². The number of aromatic nitrogens is 2. The largest absolute Gasteiger partial charge is 0.726 e. The first-order valence-electron chi connectivity index (χ1n) is 10.8. The maximum Gasteiger partial charge on any atom is 0.380 e. The molecule has 0 amide bonds. The highest BCUT2D eigenvalue weighted by molar-refractivity contribution is 7.80. The molecule has 0 radical (unpaired) electrons. The normalized spacial score (nSPS) is 11.7. The van der Waals surface area contributed by atoms with Crippen molar-refractivity contribution in [3.8, 4) is 0 Å². The van der Waals surface area contributed by atoms with Gasteiger partial charge in [0.2, 0.25) is 10.4 Å². The summed E-state index contributed by atoms with van der Waals surface area (Å²) in [4.78, 5) is 15.2. The average molecular weight is 467 g/mol. The van der Waals surface area contributed by atoms with E-state index in [1.54, 1.807) is 44.8 Å². The number of aromatic amines is 1. The maximum absolute atomic E-state index is 12.2. The number of rotatable bonds is 15. The predicted molar refractivity (Wildman–Crippen MR) is 113 cm³/mol. The van der Waals surface area contributed by atoms with Crippen LogP contribution in [-0.4, -0.2) is 50.4 Å². The Labute approximate surface area is 186 Å². The Hall–Kier alpha value is -1.53. The van der Waals surface area contributed by atoms with Crippen LogP contribution >= 0.6 is 0 Å². The number of carbonyl (C=O) groups is 1. The first kappa shape index (κ1) is 29.5. The van der Waals surface area contributed by atoms with Gasteiger partial charge >= 0.3 is 17.6 Å². The fourth-order valence-electron chi connectivity index (χ4n) is 2.80. The standard InChI is InChI=1S/C12H20N2O4.C8H18O4S/c1-5-16-11(15)12(17-6-2,18-7-3)10-13-8-9-14(10)4;1-2-3-4-5-6-7-8-12-13(9,10)11/h8-9H,5-7H2,1-4H3;2-8H2,1H3,(H,9,10,11). The van der Waals surface area contributed by atoms with Gasteiger partial charge in [0, 0.05) is 13.2 Å². The van der Waals surface area contributed by atoms with Crippen molar-refractivity contribution in [1.82, 2.24) is 4.98 Å². The van der Waals surface area contributed by atoms with E-state index in [-0.39, 0.29) is 13.2 Å². The van der Waals surface area contributed by atoms with Crippen LogP contribution in [0.3, 0.4) is 0 Å². The van der Waals surface area contributed by atoms with Gasteiger partial charge in [-0.1, -0.05) is 39.0 Å². The summed E-state index contributed by atoms with van der Waals surface area (Å²) in [6, 6.07) is 0. The molecule has 1 N–H and O–H groups in total. The van der Waals surface area contributed by atoms with Gasteiger partial charge in [0.25, 0.3) is 0 Å². The van der Waals surface area contributed by atoms with Crippen LogP contribution < -0.4 is 4.57 Å². The van der Waals surface area contributed by atoms with Crippen molar-refractivity contribution in [2.75, 3.05) is 26.4 Å². The molecule has 0 saturated heterocycles. The van der Waals surface area contributed by atoms with Gasteiger partial charge in [-0.2, -0.15) is 0 Å². The number of hydrogen-bond acceptors (Lipinski definition) is 8. The van der Waals surface area contributed by atoms with E-state index in [1.165, 1.54) is 19.3 Å². The number of H-pyrrole nitrogens is 1. The van der Waals surface area contributed by atoms with Gasteiger partial charge < -0.3 is 18.8 Å². The second kappa shape index (κ2) is 16.2. The minimum Gasteiger partial charge on any atom is -0.726 e. The summed E-state index contributed by atoms with van der Waals surface area (Å²) in [5, 5.41) is 0. The molecule has 0 aromatic carbocycles. The zero-order chi connectivity index (χ0) is 23.8. The molecule has 1 rings (SSSR count). The third-order valence-corrected chi connectivity index (χ3v) is 4.60. The first-order chi connectivity index (χ1) is 14.7. The molecule has 0 aliphatic heterocycles. The number of imidazole rings is 1. The average Bonchev–Trinajstić information content (AvgIpc) is 3.13. The number of aryl methyl sites for hydroxylation is 1. The second-order valence-corrected chi connectivity index (χ2v) is 7.67. The van der Waals surface area contributed by atoms with Crippen LogP contribution in [0.4, 0.5) is 0 Å². The Bertz CT molecular complexity index is 700. The molecule has 0 fully saturated rings. The zero-order valence-corrected chi connectivity index (χ0v) is 20.2. The van der Waals surface area contributed by atoms with Crippen molar-refractivity contribution in [2.24, 2.45) is 7.05 Å². The highest BCUT2D eigenvalue weighted by Crippen LogP contribution is 2.25. The third-order valence-electron chi connectivity index (χ3n) is 4.15. The second-order valence-electron chi connectivity index (χ2n) is 6.62. The summed E-state index contributed by atoms with van der Waals surface area (Å²) in [7, 11) is -2.67. The van der Waals surface area contributed by atoms with Crippen LogP contribution in [0.2, 0.25) is 0 Å². The van der Waals surface area contributed by atoms with E-state index < -0.39 is 22.2 Å². The number of nitrogens with one attached hydrogen (secondary N) is 1. The summed E-state index contributed by atoms with van der Waals surface area (Å²) in [5.74, 6) is -1.57. The fourth-order valence-corrected chi connectivity index (χ4v) is 3.12. The highest BCUT2D eigenvalue weighted by atomic mass is 32.3. The lowest BCUT2D eigenvalue weighted by atomic mass is 10.1. The highest BCUT2D eigenvalue weighted by Gasteiger charge is 2.52. The SMILES string of the molecule is CCCCCCCCOS(=O)(=O)[O-].CCOC(=O)C(OCC)(OCC)c1[nH]cc[n+]1C. The summed E-state index contributed by atoms with van der Waals surface area (Å²) < 4.78 is 51.9. The van der Waals surface area contributed by atoms with Gasteiger partial charge in [0.1, 0.15) is 12.4 Å². The van der Waals surface area contributed by atoms with Crippen molar-refractivity contribution in [1.29, 1.82) is 0 Å². The number of unbranched alkanes of at least 4 members (excludes halogenated alkanes) is 5. The summed E-state index contributed by atoms with van der Waals surface area (Å²) in [5.41, 5.74) is 0. The molecule has 0 unspecified atom stereocenters. The molecule has 0 saturated carbocycles. The zero-order valence-electron chi connectivity index (χ0n) is 19.3. The predicted octanol–water partition coefficient (Wildman–Crippen LogP) is 2.45. The lowest BCUT2D eigenvalue weighted by Crippen LogP contribution is -2.51. The van der Waals surface area contributed by atoms with E-state index in [2.05, 4.69) is 16.1 Å². The van der Waals surface area contributed by atoms with Crippen LogP contribution in [0, 0.1) is 0 Å². The van der Waals surface area contributed by atoms with Gasteiger partial charge in [-0.15, -0.1) is 0 Å². The Balaban J connectivity index is 0.000000615. The molecule has 1 heterocycles. The Morgan fingerprint density at radius 3 is 2.06 bits per heavy atom. The number of hydrogen-bond donors (Lipinski definition) is 1. The van der Waals surface area contributed by atoms with Gasteiger partial charge in [0.05, 0.1) is 20.3 Å². The van der Waals surface area contributed by atoms with Crippen LogP contribution in [0.25, 0.3) is 0 Å². The van der Waals surface area contributed by atoms with Crippen LogP contribution in [0.15, 0.2) is 12.4 Å². The molecule has 11 heteroatoms. The van der Waals surface area contributed by atoms with Crippen molar-refractivity contribution >= 4 is 16.4 Å². The van der Waals surface area contributed by atoms with Crippen molar-refractivity contribution in [3.05, 3.63) is 18.2 Å². The van der Waals surface area contributed by atoms with Crippen LogP contribution in [0.5, 0.6) is 0 Å². The minimum atomic E-state index is -4.47. The quantitative estimate of drug-likeness (QED) is 0.104. The number of carbonyl (C=O) groups excluding carboxylic acids is 1. The molecule has 0 aliphatic carbocycles. The van der Waals surface area contributed by atoms with Gasteiger partial charge in [0.15, 0.2) is 0 Å². The molecule has 1 aromatic rings. The van der Waals surface area contributed by atoms with Crippen molar-refractivity contribution in [3.63, 3.8) is 0 Å². The summed E-state index contributed by atoms with van der Waals surface area (Å²) >= 11 is 0. The smallest absolute Gasteiger partial charge is 0.380 e. The van der Waals surface area contributed by atoms with Crippen molar-refractivity contribution in [2.45, 2.75) is 72.0 Å². The van der Waals surface area contributed by atoms with Crippen LogP contribution in [0.1, 0.15) is 72.0 Å². The molecule has 1 aromatic heterocycles. The van der Waals surface area contributed by atoms with E-state index in [4.69, 9.17) is 14.2 Å². The molecule has 0 aliphatic rings. The molecule has 10 nitrogen and oxygen atoms in total. The molecule has 0 atom stereocenters. The van der Waals surface area contributed by atoms with E-state index in [1.807, 2.05) is 0 Å². The summed E-state index contributed by atoms with van der Waals surface area (Å²) in [6.45, 7) is 8.44. The van der Waals surface area contributed by atoms with E-state index in [9.17, 15) is 17.8 Å². The molecule has 0 bridgehead atoms. The van der Waals surface area contributed by atoms with Gasteiger partial charge in [-0.05, 0) is 27.2 Å². The Morgan fingerprint density at radius 1 is 1.03 bits per heavy atom. The van der Waals surface area contributed by atoms with Crippen molar-refractivity contribution < 1.29 is 40.7 Å². The van der Waals surface area contributed by atoms with Gasteiger partial charge in [-0.3, -0.25) is 4.18 Å². The minimum absolute atomic E-state index is 0.0258. The van der Waals surface area contributed by atoms with E-state index >= 15 is 0 Å². The molecule has 182 valence electrons. The third kappa shape index (κ3) is 11.6. The maximum atomic E-state index is 12.2. The summed E-state index contributed by atoms with van der Waals surface area (Å²) in [6.07, 6.45) is 9.70. The first-order valence-corrected chi connectivity index (χ1v) is 12.1. The molecular formula is C20H38N2O8S. The van der Waals surface area contributed by atoms with Crippen LogP contribution in [-0.2, 0) is 46.4 Å². The monoisotopic (exact) mass is 466 g/mol. The lowest BCUT2D eigenvalue weighted by molar-refractivity contribution is -0.689. The van der Waals surface area contributed by atoms with E-state index in [0.29, 0.717) is 25.5 Å². The number of nitrogens with zero attached hydrogens (tertiary/aromatic N) is 1. The topological polar surface area (TPSA) is 131 Å². The molecular weight excluding hydrogens is 428 g/mol. The molecule has 0 spiro atoms. The Kier molecular flexibility index (Phi) is 15.4. The molecule has 31 heavy (non-hydrogen) atoms. The Morgan fingerprint density at radius 2 is 1.61 bits per heavy atom. The number of esters is 1. The number of ether oxygens (including phenoxy) is 3. The lowest BCUT2D eigenvalue weighted by Gasteiger charge is -2.26. The van der Waals surface area contributed by atoms with E-state index in [0.717, 1.165) is 12.8 Å². The fraction of sp³-hybridized carbons (Fsp3) is 0.800.